The van der Waals surface area contributed by atoms with Crippen molar-refractivity contribution in [3.63, 3.8) is 0 Å². The van der Waals surface area contributed by atoms with Crippen LogP contribution in [-0.2, 0) is 28.7 Å². The quantitative estimate of drug-likeness (QED) is 0.202. The van der Waals surface area contributed by atoms with E-state index in [0.717, 1.165) is 25.7 Å². The molecule has 11 heteroatoms. The summed E-state index contributed by atoms with van der Waals surface area (Å²) in [6.07, 6.45) is 14.3. The van der Waals surface area contributed by atoms with E-state index in [1.807, 2.05) is 63.8 Å². The van der Waals surface area contributed by atoms with Gasteiger partial charge in [-0.2, -0.15) is 0 Å². The summed E-state index contributed by atoms with van der Waals surface area (Å²) in [5.74, 6) is -1.28. The van der Waals surface area contributed by atoms with Crippen molar-refractivity contribution in [2.24, 2.45) is 29.4 Å². The van der Waals surface area contributed by atoms with Gasteiger partial charge in [0.1, 0.15) is 6.04 Å². The topological polar surface area (TPSA) is 143 Å². The fraction of sp³-hybridized carbons (Fsp3) is 0.730. The van der Waals surface area contributed by atoms with Crippen molar-refractivity contribution in [1.82, 2.24) is 20.4 Å². The van der Waals surface area contributed by atoms with Gasteiger partial charge in [0, 0.05) is 34.4 Å². The van der Waals surface area contributed by atoms with Crippen molar-refractivity contribution in [1.29, 1.82) is 0 Å². The van der Waals surface area contributed by atoms with Crippen LogP contribution < -0.4 is 16.4 Å². The molecule has 0 saturated carbocycles. The van der Waals surface area contributed by atoms with E-state index in [0.29, 0.717) is 13.1 Å². The van der Waals surface area contributed by atoms with Gasteiger partial charge in [0.05, 0.1) is 42.2 Å². The zero-order valence-corrected chi connectivity index (χ0v) is 31.0. The lowest BCUT2D eigenvalue weighted by Crippen LogP contribution is -2.60. The summed E-state index contributed by atoms with van der Waals surface area (Å²) in [4.78, 5) is 57.4. The van der Waals surface area contributed by atoms with Gasteiger partial charge < -0.3 is 35.6 Å². The maximum absolute atomic E-state index is 14.0. The minimum Gasteiger partial charge on any atom is -0.379 e. The van der Waals surface area contributed by atoms with Crippen LogP contribution in [0.25, 0.3) is 0 Å². The first-order valence-corrected chi connectivity index (χ1v) is 17.6. The van der Waals surface area contributed by atoms with Gasteiger partial charge in [-0.25, -0.2) is 0 Å². The number of rotatable bonds is 18. The second-order valence-corrected chi connectivity index (χ2v) is 14.4. The number of nitrogens with zero attached hydrogens (tertiary/aromatic N) is 2. The average molecular weight is 674 g/mol. The van der Waals surface area contributed by atoms with E-state index >= 15 is 0 Å². The molecule has 1 aliphatic carbocycles. The zero-order valence-electron chi connectivity index (χ0n) is 31.0. The fourth-order valence-electron chi connectivity index (χ4n) is 6.69. The van der Waals surface area contributed by atoms with Gasteiger partial charge in [-0.1, -0.05) is 77.5 Å². The van der Waals surface area contributed by atoms with E-state index in [1.54, 1.807) is 40.0 Å². The number of carbonyl (C=O) groups excluding carboxylic acids is 4. The van der Waals surface area contributed by atoms with Crippen LogP contribution >= 0.6 is 0 Å². The van der Waals surface area contributed by atoms with E-state index in [-0.39, 0.29) is 47.9 Å². The SMILES string of the molecule is CC[C@H](C)[C@@H]([C@@H](CC(=O)N1CCC[C@H]1[C@H](OC)[C@@H](C)C(=O)NCCC1C=CC=CC=C1)OC)N(C)C(=O)[C@@H](NC(=O)C(C)(C)N)C(C)C. The first-order chi connectivity index (χ1) is 22.6. The molecule has 0 bridgehead atoms. The number of nitrogens with one attached hydrogen (secondary N) is 2. The molecule has 0 spiro atoms. The van der Waals surface area contributed by atoms with Gasteiger partial charge in [-0.15, -0.1) is 0 Å². The molecular formula is C37H63N5O6. The van der Waals surface area contributed by atoms with Gasteiger partial charge in [0.25, 0.3) is 0 Å². The molecule has 2 rings (SSSR count). The lowest BCUT2D eigenvalue weighted by atomic mass is 9.89. The van der Waals surface area contributed by atoms with Crippen LogP contribution in [0.15, 0.2) is 36.5 Å². The van der Waals surface area contributed by atoms with Gasteiger partial charge in [0.15, 0.2) is 0 Å². The highest BCUT2D eigenvalue weighted by atomic mass is 16.5. The molecule has 1 aliphatic heterocycles. The monoisotopic (exact) mass is 673 g/mol. The van der Waals surface area contributed by atoms with E-state index in [1.165, 1.54) is 0 Å². The molecule has 1 heterocycles. The van der Waals surface area contributed by atoms with Crippen molar-refractivity contribution in [3.05, 3.63) is 36.5 Å². The van der Waals surface area contributed by atoms with E-state index in [9.17, 15) is 19.2 Å². The number of likely N-dealkylation sites (N-methyl/N-ethyl adjacent to an activating group) is 1. The van der Waals surface area contributed by atoms with Crippen molar-refractivity contribution >= 4 is 23.6 Å². The van der Waals surface area contributed by atoms with E-state index in [2.05, 4.69) is 22.8 Å². The highest BCUT2D eigenvalue weighted by Crippen LogP contribution is 2.29. The van der Waals surface area contributed by atoms with Gasteiger partial charge in [-0.3, -0.25) is 19.2 Å². The van der Waals surface area contributed by atoms with Crippen LogP contribution in [0, 0.1) is 23.7 Å². The number of amides is 4. The number of hydrogen-bond acceptors (Lipinski definition) is 7. The summed E-state index contributed by atoms with van der Waals surface area (Å²) in [7, 11) is 4.87. The predicted molar refractivity (Wildman–Crippen MR) is 190 cm³/mol. The van der Waals surface area contributed by atoms with Crippen LogP contribution in [0.4, 0.5) is 0 Å². The van der Waals surface area contributed by atoms with Gasteiger partial charge in [-0.05, 0) is 50.9 Å². The Morgan fingerprint density at radius 3 is 2.17 bits per heavy atom. The zero-order chi connectivity index (χ0) is 36.2. The molecule has 2 aliphatic rings. The van der Waals surface area contributed by atoms with Crippen molar-refractivity contribution in [2.75, 3.05) is 34.4 Å². The summed E-state index contributed by atoms with van der Waals surface area (Å²) in [6.45, 7) is 14.0. The predicted octanol–water partition coefficient (Wildman–Crippen LogP) is 3.59. The minimum atomic E-state index is -1.14. The lowest BCUT2D eigenvalue weighted by Gasteiger charge is -2.41. The first kappa shape index (κ1) is 41.2. The second-order valence-electron chi connectivity index (χ2n) is 14.4. The number of hydrogen-bond donors (Lipinski definition) is 3. The van der Waals surface area contributed by atoms with Crippen molar-refractivity contribution in [2.45, 2.75) is 116 Å². The van der Waals surface area contributed by atoms with E-state index < -0.39 is 41.7 Å². The number of nitrogens with two attached hydrogens (primary N) is 1. The Hall–Kier alpha value is -3.02. The van der Waals surface area contributed by atoms with Crippen molar-refractivity contribution < 1.29 is 28.7 Å². The number of allylic oxidation sites excluding steroid dienone is 6. The normalized spacial score (nSPS) is 20.5. The molecule has 0 aromatic rings. The third-order valence-corrected chi connectivity index (χ3v) is 9.89. The molecule has 1 saturated heterocycles. The second kappa shape index (κ2) is 19.2. The molecule has 0 radical (unpaired) electrons. The maximum atomic E-state index is 14.0. The Kier molecular flexibility index (Phi) is 16.5. The third kappa shape index (κ3) is 11.3. The van der Waals surface area contributed by atoms with Crippen LogP contribution in [0.3, 0.4) is 0 Å². The van der Waals surface area contributed by atoms with Gasteiger partial charge >= 0.3 is 0 Å². The molecule has 272 valence electrons. The first-order valence-electron chi connectivity index (χ1n) is 17.6. The molecule has 4 amide bonds. The number of likely N-dealkylation sites (tertiary alicyclic amines) is 1. The highest BCUT2D eigenvalue weighted by Gasteiger charge is 2.43. The molecule has 11 nitrogen and oxygen atoms in total. The summed E-state index contributed by atoms with van der Waals surface area (Å²) in [5.41, 5.74) is 4.87. The Morgan fingerprint density at radius 1 is 1.02 bits per heavy atom. The van der Waals surface area contributed by atoms with Crippen LogP contribution in [0.5, 0.6) is 0 Å². The van der Waals surface area contributed by atoms with Crippen LogP contribution in [-0.4, -0.2) is 104 Å². The molecule has 4 N–H and O–H groups in total. The highest BCUT2D eigenvalue weighted by molar-refractivity contribution is 5.91. The van der Waals surface area contributed by atoms with Crippen molar-refractivity contribution in [3.8, 4) is 0 Å². The van der Waals surface area contributed by atoms with Crippen LogP contribution in [0.2, 0.25) is 0 Å². The molecule has 7 atom stereocenters. The largest absolute Gasteiger partial charge is 0.379 e. The Morgan fingerprint density at radius 2 is 1.65 bits per heavy atom. The lowest BCUT2D eigenvalue weighted by molar-refractivity contribution is -0.147. The third-order valence-electron chi connectivity index (χ3n) is 9.89. The Bertz CT molecular complexity index is 1150. The summed E-state index contributed by atoms with van der Waals surface area (Å²) < 4.78 is 11.9. The molecule has 0 aromatic carbocycles. The minimum absolute atomic E-state index is 0.00351. The summed E-state index contributed by atoms with van der Waals surface area (Å²) in [5, 5.41) is 5.91. The Balaban J connectivity index is 2.17. The molecule has 0 aromatic heterocycles. The molecule has 48 heavy (non-hydrogen) atoms. The maximum Gasteiger partial charge on any atom is 0.245 e. The molecular weight excluding hydrogens is 610 g/mol. The average Bonchev–Trinajstić information content (AvgIpc) is 3.38. The summed E-state index contributed by atoms with van der Waals surface area (Å²) >= 11 is 0. The number of carbonyl (C=O) groups is 4. The fourth-order valence-corrected chi connectivity index (χ4v) is 6.69. The van der Waals surface area contributed by atoms with Gasteiger partial charge in [0.2, 0.25) is 23.6 Å². The molecule has 0 unspecified atom stereocenters. The smallest absolute Gasteiger partial charge is 0.245 e. The standard InChI is InChI=1S/C37H63N5O6/c1-11-25(4)32(41(8)35(45)31(24(2)3)40-36(46)37(6,7)38)29(47-9)23-30(43)42-22-16-19-28(42)33(48-10)26(5)34(44)39-21-20-27-17-14-12-13-15-18-27/h12-15,17-18,24-29,31-33H,11,16,19-23,38H2,1-10H3,(H,39,44)(H,40,46)/t25-,26+,28-,29+,31-,32-,33+/m0/s1. The van der Waals surface area contributed by atoms with E-state index in [4.69, 9.17) is 15.2 Å². The number of ether oxygens (including phenoxy) is 2. The van der Waals surface area contributed by atoms with Crippen LogP contribution in [0.1, 0.15) is 80.6 Å². The molecule has 1 fully saturated rings. The number of methoxy groups -OCH3 is 2. The summed E-state index contributed by atoms with van der Waals surface area (Å²) in [6, 6.07) is -1.49. The Labute approximate surface area is 289 Å².